The highest BCUT2D eigenvalue weighted by atomic mass is 19.1. The fourth-order valence-electron chi connectivity index (χ4n) is 2.30. The molecule has 4 nitrogen and oxygen atoms in total. The highest BCUT2D eigenvalue weighted by Gasteiger charge is 2.06. The molecule has 3 aromatic rings. The number of para-hydroxylation sites is 1. The Balaban J connectivity index is 1.74. The fourth-order valence-corrected chi connectivity index (χ4v) is 2.30. The lowest BCUT2D eigenvalue weighted by atomic mass is 10.1. The summed E-state index contributed by atoms with van der Waals surface area (Å²) in [5.41, 5.74) is 3.55. The molecule has 0 radical (unpaired) electrons. The molecule has 1 aromatic heterocycles. The highest BCUT2D eigenvalue weighted by Crippen LogP contribution is 2.19. The Morgan fingerprint density at radius 2 is 1.71 bits per heavy atom. The Hall–Kier alpha value is -2.95. The zero-order valence-electron chi connectivity index (χ0n) is 13.7. The lowest BCUT2D eigenvalue weighted by molar-refractivity contribution is 0.631. The fraction of sp³-hybridized carbons (Fsp3) is 0.158. The minimum atomic E-state index is -0.336. The first-order valence-electron chi connectivity index (χ1n) is 7.77. The van der Waals surface area contributed by atoms with Gasteiger partial charge in [0.2, 0.25) is 5.95 Å². The maximum Gasteiger partial charge on any atom is 0.229 e. The van der Waals surface area contributed by atoms with Crippen molar-refractivity contribution in [1.29, 1.82) is 0 Å². The normalized spacial score (nSPS) is 10.5. The molecule has 0 saturated carbocycles. The molecule has 0 fully saturated rings. The van der Waals surface area contributed by atoms with Gasteiger partial charge in [-0.2, -0.15) is 4.98 Å². The topological polar surface area (TPSA) is 49.8 Å². The molecule has 2 aromatic carbocycles. The van der Waals surface area contributed by atoms with E-state index < -0.39 is 0 Å². The van der Waals surface area contributed by atoms with E-state index in [2.05, 4.69) is 51.8 Å². The van der Waals surface area contributed by atoms with Crippen molar-refractivity contribution in [2.45, 2.75) is 20.4 Å². The zero-order chi connectivity index (χ0) is 16.9. The molecule has 1 heterocycles. The standard InChI is InChI=1S/C19H19FN4/c1-13-7-9-15(10-8-13)12-21-18-11-14(2)22-19(24-18)23-17-6-4-3-5-16(17)20/h3-11H,12H2,1-2H3,(H2,21,22,23,24). The molecule has 0 amide bonds. The first-order chi connectivity index (χ1) is 11.6. The molecule has 0 bridgehead atoms. The predicted molar refractivity (Wildman–Crippen MR) is 95.0 cm³/mol. The van der Waals surface area contributed by atoms with E-state index in [9.17, 15) is 4.39 Å². The average molecular weight is 322 g/mol. The quantitative estimate of drug-likeness (QED) is 0.721. The van der Waals surface area contributed by atoms with Crippen LogP contribution in [0.4, 0.5) is 21.8 Å². The van der Waals surface area contributed by atoms with Gasteiger partial charge in [-0.25, -0.2) is 9.37 Å². The molecule has 0 saturated heterocycles. The van der Waals surface area contributed by atoms with Crippen molar-refractivity contribution in [3.8, 4) is 0 Å². The summed E-state index contributed by atoms with van der Waals surface area (Å²) in [7, 11) is 0. The highest BCUT2D eigenvalue weighted by molar-refractivity contribution is 5.55. The summed E-state index contributed by atoms with van der Waals surface area (Å²) in [6, 6.07) is 16.6. The molecular weight excluding hydrogens is 303 g/mol. The van der Waals surface area contributed by atoms with Gasteiger partial charge in [0, 0.05) is 18.3 Å². The van der Waals surface area contributed by atoms with Crippen LogP contribution >= 0.6 is 0 Å². The Kier molecular flexibility index (Phi) is 4.70. The average Bonchev–Trinajstić information content (AvgIpc) is 2.56. The van der Waals surface area contributed by atoms with Gasteiger partial charge in [-0.1, -0.05) is 42.0 Å². The second-order valence-corrected chi connectivity index (χ2v) is 5.66. The summed E-state index contributed by atoms with van der Waals surface area (Å²) in [4.78, 5) is 8.71. The minimum absolute atomic E-state index is 0.336. The number of hydrogen-bond donors (Lipinski definition) is 2. The smallest absolute Gasteiger partial charge is 0.229 e. The van der Waals surface area contributed by atoms with Gasteiger partial charge in [0.05, 0.1) is 5.69 Å². The van der Waals surface area contributed by atoms with Crippen LogP contribution in [-0.2, 0) is 6.54 Å². The van der Waals surface area contributed by atoms with Crippen LogP contribution in [0.3, 0.4) is 0 Å². The molecular formula is C19H19FN4. The number of benzene rings is 2. The SMILES string of the molecule is Cc1ccc(CNc2cc(C)nc(Nc3ccccc3F)n2)cc1. The molecule has 0 aliphatic rings. The maximum atomic E-state index is 13.7. The van der Waals surface area contributed by atoms with E-state index in [0.29, 0.717) is 24.0 Å². The molecule has 0 spiro atoms. The largest absolute Gasteiger partial charge is 0.366 e. The number of anilines is 3. The third-order valence-corrected chi connectivity index (χ3v) is 3.57. The van der Waals surface area contributed by atoms with Crippen molar-refractivity contribution < 1.29 is 4.39 Å². The predicted octanol–water partition coefficient (Wildman–Crippen LogP) is 4.59. The van der Waals surface area contributed by atoms with Crippen LogP contribution in [0, 0.1) is 19.7 Å². The number of nitrogens with one attached hydrogen (secondary N) is 2. The van der Waals surface area contributed by atoms with Crippen LogP contribution in [-0.4, -0.2) is 9.97 Å². The summed E-state index contributed by atoms with van der Waals surface area (Å²) < 4.78 is 13.7. The third kappa shape index (κ3) is 4.07. The molecule has 5 heteroatoms. The molecule has 0 aliphatic carbocycles. The van der Waals surface area contributed by atoms with Crippen molar-refractivity contribution in [3.63, 3.8) is 0 Å². The van der Waals surface area contributed by atoms with Gasteiger partial charge in [-0.05, 0) is 31.5 Å². The summed E-state index contributed by atoms with van der Waals surface area (Å²) in [6.07, 6.45) is 0. The molecule has 2 N–H and O–H groups in total. The second kappa shape index (κ2) is 7.08. The number of aryl methyl sites for hydroxylation is 2. The van der Waals surface area contributed by atoms with Crippen LogP contribution in [0.25, 0.3) is 0 Å². The Morgan fingerprint density at radius 3 is 2.46 bits per heavy atom. The van der Waals surface area contributed by atoms with Gasteiger partial charge in [0.15, 0.2) is 0 Å². The van der Waals surface area contributed by atoms with Gasteiger partial charge >= 0.3 is 0 Å². The number of hydrogen-bond acceptors (Lipinski definition) is 4. The molecule has 0 aliphatic heterocycles. The van der Waals surface area contributed by atoms with E-state index in [1.54, 1.807) is 18.2 Å². The molecule has 122 valence electrons. The van der Waals surface area contributed by atoms with Gasteiger partial charge in [0.25, 0.3) is 0 Å². The monoisotopic (exact) mass is 322 g/mol. The number of aromatic nitrogens is 2. The van der Waals surface area contributed by atoms with Gasteiger partial charge in [0.1, 0.15) is 11.6 Å². The Morgan fingerprint density at radius 1 is 0.958 bits per heavy atom. The second-order valence-electron chi connectivity index (χ2n) is 5.66. The first kappa shape index (κ1) is 15.9. The lowest BCUT2D eigenvalue weighted by Crippen LogP contribution is -2.06. The number of halogens is 1. The van der Waals surface area contributed by atoms with Crippen LogP contribution in [0.1, 0.15) is 16.8 Å². The van der Waals surface area contributed by atoms with Crippen LogP contribution < -0.4 is 10.6 Å². The van der Waals surface area contributed by atoms with E-state index >= 15 is 0 Å². The van der Waals surface area contributed by atoms with E-state index in [1.807, 2.05) is 13.0 Å². The molecule has 3 rings (SSSR count). The van der Waals surface area contributed by atoms with E-state index in [0.717, 1.165) is 5.69 Å². The van der Waals surface area contributed by atoms with Crippen molar-refractivity contribution in [1.82, 2.24) is 9.97 Å². The van der Waals surface area contributed by atoms with E-state index in [4.69, 9.17) is 0 Å². The first-order valence-corrected chi connectivity index (χ1v) is 7.77. The zero-order valence-corrected chi connectivity index (χ0v) is 13.7. The third-order valence-electron chi connectivity index (χ3n) is 3.57. The van der Waals surface area contributed by atoms with Crippen LogP contribution in [0.5, 0.6) is 0 Å². The van der Waals surface area contributed by atoms with Crippen molar-refractivity contribution >= 4 is 17.5 Å². The summed E-state index contributed by atoms with van der Waals surface area (Å²) in [6.45, 7) is 4.60. The summed E-state index contributed by atoms with van der Waals surface area (Å²) in [5, 5.41) is 6.20. The van der Waals surface area contributed by atoms with E-state index in [-0.39, 0.29) is 5.82 Å². The minimum Gasteiger partial charge on any atom is -0.366 e. The lowest BCUT2D eigenvalue weighted by Gasteiger charge is -2.10. The van der Waals surface area contributed by atoms with Crippen molar-refractivity contribution in [2.75, 3.05) is 10.6 Å². The van der Waals surface area contributed by atoms with Gasteiger partial charge < -0.3 is 10.6 Å². The maximum absolute atomic E-state index is 13.7. The summed E-state index contributed by atoms with van der Waals surface area (Å²) >= 11 is 0. The van der Waals surface area contributed by atoms with Crippen molar-refractivity contribution in [2.24, 2.45) is 0 Å². The number of rotatable bonds is 5. The van der Waals surface area contributed by atoms with Crippen LogP contribution in [0.15, 0.2) is 54.6 Å². The van der Waals surface area contributed by atoms with Crippen molar-refractivity contribution in [3.05, 3.63) is 77.2 Å². The molecule has 0 atom stereocenters. The molecule has 24 heavy (non-hydrogen) atoms. The molecule has 0 unspecified atom stereocenters. The Labute approximate surface area is 140 Å². The van der Waals surface area contributed by atoms with E-state index in [1.165, 1.54) is 17.2 Å². The van der Waals surface area contributed by atoms with Crippen LogP contribution in [0.2, 0.25) is 0 Å². The summed E-state index contributed by atoms with van der Waals surface area (Å²) in [5.74, 6) is 0.727. The Bertz CT molecular complexity index is 831. The number of nitrogens with zero attached hydrogens (tertiary/aromatic N) is 2. The van der Waals surface area contributed by atoms with Gasteiger partial charge in [-0.3, -0.25) is 0 Å². The van der Waals surface area contributed by atoms with Gasteiger partial charge in [-0.15, -0.1) is 0 Å².